The van der Waals surface area contributed by atoms with Crippen LogP contribution in [0.3, 0.4) is 0 Å². The molecular formula is C24H23N3O4S. The van der Waals surface area contributed by atoms with Gasteiger partial charge in [0.25, 0.3) is 0 Å². The highest BCUT2D eigenvalue weighted by Gasteiger charge is 2.22. The summed E-state index contributed by atoms with van der Waals surface area (Å²) in [7, 11) is 0. The Bertz CT molecular complexity index is 1190. The van der Waals surface area contributed by atoms with E-state index in [0.717, 1.165) is 16.5 Å². The van der Waals surface area contributed by atoms with E-state index in [2.05, 4.69) is 15.8 Å². The minimum absolute atomic E-state index is 0.121. The Labute approximate surface area is 189 Å². The zero-order chi connectivity index (χ0) is 22.5. The van der Waals surface area contributed by atoms with Gasteiger partial charge in [-0.1, -0.05) is 53.7 Å². The lowest BCUT2D eigenvalue weighted by molar-refractivity contribution is -0.119. The van der Waals surface area contributed by atoms with Gasteiger partial charge in [0, 0.05) is 11.5 Å². The number of benzene rings is 2. The molecule has 2 N–H and O–H groups in total. The van der Waals surface area contributed by atoms with Gasteiger partial charge in [0.1, 0.15) is 23.1 Å². The number of para-hydroxylation sites is 1. The van der Waals surface area contributed by atoms with Crippen LogP contribution in [0, 0.1) is 6.92 Å². The van der Waals surface area contributed by atoms with E-state index in [1.807, 2.05) is 60.7 Å². The molecule has 0 saturated carbocycles. The lowest BCUT2D eigenvalue weighted by atomic mass is 10.0. The van der Waals surface area contributed by atoms with Gasteiger partial charge in [-0.3, -0.25) is 9.59 Å². The van der Waals surface area contributed by atoms with Crippen molar-refractivity contribution in [2.45, 2.75) is 25.1 Å². The highest BCUT2D eigenvalue weighted by atomic mass is 32.2. The average molecular weight is 450 g/mol. The van der Waals surface area contributed by atoms with Crippen LogP contribution >= 0.6 is 11.8 Å². The number of hydrogen-bond acceptors (Lipinski definition) is 6. The second-order valence-corrected chi connectivity index (χ2v) is 8.69. The molecule has 2 unspecified atom stereocenters. The van der Waals surface area contributed by atoms with E-state index in [-0.39, 0.29) is 17.6 Å². The third-order valence-corrected chi connectivity index (χ3v) is 6.02. The van der Waals surface area contributed by atoms with Gasteiger partial charge in [-0.25, -0.2) is 0 Å². The molecule has 8 heteroatoms. The van der Waals surface area contributed by atoms with Crippen LogP contribution in [0.25, 0.3) is 11.0 Å². The Morgan fingerprint density at radius 1 is 1.06 bits per heavy atom. The Balaban J connectivity index is 1.41. The van der Waals surface area contributed by atoms with E-state index in [4.69, 9.17) is 8.94 Å². The van der Waals surface area contributed by atoms with Gasteiger partial charge in [-0.2, -0.15) is 0 Å². The third kappa shape index (κ3) is 5.20. The molecule has 0 aliphatic carbocycles. The van der Waals surface area contributed by atoms with Gasteiger partial charge in [0.05, 0.1) is 11.0 Å². The van der Waals surface area contributed by atoms with Gasteiger partial charge < -0.3 is 19.6 Å². The number of amides is 2. The fourth-order valence-electron chi connectivity index (χ4n) is 3.24. The number of carbonyl (C=O) groups is 2. The summed E-state index contributed by atoms with van der Waals surface area (Å²) in [6, 6.07) is 20.5. The molecular weight excluding hydrogens is 426 g/mol. The smallest absolute Gasteiger partial charge is 0.238 e. The molecule has 7 nitrogen and oxygen atoms in total. The van der Waals surface area contributed by atoms with Crippen LogP contribution in [0.2, 0.25) is 0 Å². The molecule has 164 valence electrons. The molecule has 4 rings (SSSR count). The standard InChI is InChI=1S/C24H23N3O4S/c1-15-12-21(27-31-15)25-24(29)16(2)32-14-22(28)26-23(17-8-4-3-5-9-17)20-13-18-10-6-7-11-19(18)30-20/h3-13,16,23H,14H2,1-2H3,(H,26,28)(H,25,27,29). The maximum Gasteiger partial charge on any atom is 0.238 e. The van der Waals surface area contributed by atoms with Gasteiger partial charge in [0.15, 0.2) is 5.82 Å². The van der Waals surface area contributed by atoms with Crippen molar-refractivity contribution in [2.24, 2.45) is 0 Å². The number of aromatic nitrogens is 1. The van der Waals surface area contributed by atoms with E-state index in [0.29, 0.717) is 17.3 Å². The number of rotatable bonds is 8. The van der Waals surface area contributed by atoms with Crippen LogP contribution < -0.4 is 10.6 Å². The predicted octanol–water partition coefficient (Wildman–Crippen LogP) is 4.70. The molecule has 2 atom stereocenters. The minimum Gasteiger partial charge on any atom is -0.459 e. The van der Waals surface area contributed by atoms with Gasteiger partial charge in [0.2, 0.25) is 11.8 Å². The maximum atomic E-state index is 12.8. The Kier molecular flexibility index (Phi) is 6.61. The molecule has 0 fully saturated rings. The molecule has 2 aromatic carbocycles. The maximum absolute atomic E-state index is 12.8. The van der Waals surface area contributed by atoms with Gasteiger partial charge >= 0.3 is 0 Å². The number of furan rings is 1. The number of hydrogen-bond donors (Lipinski definition) is 2. The fraction of sp³-hybridized carbons (Fsp3) is 0.208. The van der Waals surface area contributed by atoms with Crippen LogP contribution in [-0.2, 0) is 9.59 Å². The topological polar surface area (TPSA) is 97.4 Å². The second kappa shape index (κ2) is 9.74. The Hall–Kier alpha value is -3.52. The first-order chi connectivity index (χ1) is 15.5. The van der Waals surface area contributed by atoms with Crippen molar-refractivity contribution in [1.82, 2.24) is 10.5 Å². The summed E-state index contributed by atoms with van der Waals surface area (Å²) in [5, 5.41) is 10.0. The van der Waals surface area contributed by atoms with E-state index in [9.17, 15) is 9.59 Å². The molecule has 0 saturated heterocycles. The number of anilines is 1. The van der Waals surface area contributed by atoms with Crippen molar-refractivity contribution in [2.75, 3.05) is 11.1 Å². The van der Waals surface area contributed by atoms with Crippen LogP contribution in [-0.4, -0.2) is 28.0 Å². The zero-order valence-electron chi connectivity index (χ0n) is 17.7. The van der Waals surface area contributed by atoms with Crippen molar-refractivity contribution >= 4 is 40.4 Å². The quantitative estimate of drug-likeness (QED) is 0.405. The summed E-state index contributed by atoms with van der Waals surface area (Å²) in [6.45, 7) is 3.49. The van der Waals surface area contributed by atoms with Crippen LogP contribution in [0.15, 0.2) is 75.7 Å². The van der Waals surface area contributed by atoms with Crippen molar-refractivity contribution < 1.29 is 18.5 Å². The molecule has 2 amide bonds. The number of fused-ring (bicyclic) bond motifs is 1. The van der Waals surface area contributed by atoms with Crippen molar-refractivity contribution in [3.8, 4) is 0 Å². The Morgan fingerprint density at radius 2 is 1.81 bits per heavy atom. The SMILES string of the molecule is Cc1cc(NC(=O)C(C)SCC(=O)NC(c2ccccc2)c2cc3ccccc3o2)no1. The molecule has 0 aliphatic heterocycles. The summed E-state index contributed by atoms with van der Waals surface area (Å²) in [6.07, 6.45) is 0. The molecule has 2 aromatic heterocycles. The van der Waals surface area contributed by atoms with E-state index < -0.39 is 11.3 Å². The van der Waals surface area contributed by atoms with Crippen molar-refractivity contribution in [1.29, 1.82) is 0 Å². The first-order valence-electron chi connectivity index (χ1n) is 10.2. The van der Waals surface area contributed by atoms with Crippen LogP contribution in [0.4, 0.5) is 5.82 Å². The van der Waals surface area contributed by atoms with E-state index >= 15 is 0 Å². The van der Waals surface area contributed by atoms with Crippen molar-refractivity contribution in [3.63, 3.8) is 0 Å². The zero-order valence-corrected chi connectivity index (χ0v) is 18.5. The number of nitrogens with one attached hydrogen (secondary N) is 2. The predicted molar refractivity (Wildman–Crippen MR) is 124 cm³/mol. The van der Waals surface area contributed by atoms with Crippen LogP contribution in [0.5, 0.6) is 0 Å². The molecule has 0 spiro atoms. The molecule has 0 aliphatic rings. The highest BCUT2D eigenvalue weighted by Crippen LogP contribution is 2.28. The molecule has 0 radical (unpaired) electrons. The van der Waals surface area contributed by atoms with E-state index in [1.54, 1.807) is 19.9 Å². The third-order valence-electron chi connectivity index (χ3n) is 4.88. The largest absolute Gasteiger partial charge is 0.459 e. The van der Waals surface area contributed by atoms with Gasteiger partial charge in [-0.05, 0) is 31.5 Å². The number of carbonyl (C=O) groups excluding carboxylic acids is 2. The van der Waals surface area contributed by atoms with Crippen LogP contribution in [0.1, 0.15) is 30.0 Å². The van der Waals surface area contributed by atoms with E-state index in [1.165, 1.54) is 11.8 Å². The first kappa shape index (κ1) is 21.7. The number of thioether (sulfide) groups is 1. The summed E-state index contributed by atoms with van der Waals surface area (Å²) in [5.41, 5.74) is 1.68. The normalized spacial score (nSPS) is 12.9. The lowest BCUT2D eigenvalue weighted by Crippen LogP contribution is -2.32. The average Bonchev–Trinajstić information content (AvgIpc) is 3.42. The number of aryl methyl sites for hydroxylation is 1. The summed E-state index contributed by atoms with van der Waals surface area (Å²) >= 11 is 1.24. The number of nitrogens with zero attached hydrogens (tertiary/aromatic N) is 1. The summed E-state index contributed by atoms with van der Waals surface area (Å²) in [4.78, 5) is 25.1. The summed E-state index contributed by atoms with van der Waals surface area (Å²) < 4.78 is 11.0. The second-order valence-electron chi connectivity index (χ2n) is 7.36. The molecule has 32 heavy (non-hydrogen) atoms. The van der Waals surface area contributed by atoms with Gasteiger partial charge in [-0.15, -0.1) is 11.8 Å². The fourth-order valence-corrected chi connectivity index (χ4v) is 3.94. The monoisotopic (exact) mass is 449 g/mol. The van der Waals surface area contributed by atoms with Crippen molar-refractivity contribution in [3.05, 3.63) is 83.8 Å². The first-order valence-corrected chi connectivity index (χ1v) is 11.2. The molecule has 4 aromatic rings. The lowest BCUT2D eigenvalue weighted by Gasteiger charge is -2.18. The molecule has 0 bridgehead atoms. The summed E-state index contributed by atoms with van der Waals surface area (Å²) in [5.74, 6) is 1.31. The highest BCUT2D eigenvalue weighted by molar-refractivity contribution is 8.01. The molecule has 2 heterocycles. The minimum atomic E-state index is -0.445. The Morgan fingerprint density at radius 3 is 2.53 bits per heavy atom.